The predicted molar refractivity (Wildman–Crippen MR) is 138 cm³/mol. The maximum Gasteiger partial charge on any atom is 0.319 e. The van der Waals surface area contributed by atoms with Gasteiger partial charge in [0.25, 0.3) is 0 Å². The lowest BCUT2D eigenvalue weighted by Gasteiger charge is -2.09. The lowest BCUT2D eigenvalue weighted by Crippen LogP contribution is -2.28. The highest BCUT2D eigenvalue weighted by Gasteiger charge is 2.13. The topological polar surface area (TPSA) is 105 Å². The van der Waals surface area contributed by atoms with Crippen LogP contribution in [0.4, 0.5) is 21.6 Å². The van der Waals surface area contributed by atoms with Gasteiger partial charge in [-0.2, -0.15) is 9.97 Å². The summed E-state index contributed by atoms with van der Waals surface area (Å²) in [5.74, 6) is 1.43. The minimum absolute atomic E-state index is 0.230. The first-order chi connectivity index (χ1) is 16.5. The van der Waals surface area contributed by atoms with Crippen molar-refractivity contribution >= 4 is 45.9 Å². The summed E-state index contributed by atoms with van der Waals surface area (Å²) in [5.41, 5.74) is 1.61. The summed E-state index contributed by atoms with van der Waals surface area (Å²) >= 11 is 3.01. The highest BCUT2D eigenvalue weighted by atomic mass is 32.2. The summed E-state index contributed by atoms with van der Waals surface area (Å²) in [6.07, 6.45) is 1.88. The van der Waals surface area contributed by atoms with Gasteiger partial charge >= 0.3 is 6.03 Å². The largest absolute Gasteiger partial charge is 0.338 e. The first-order valence-electron chi connectivity index (χ1n) is 10.9. The van der Waals surface area contributed by atoms with Gasteiger partial charge in [-0.15, -0.1) is 11.3 Å². The molecule has 0 aliphatic heterocycles. The molecule has 3 N–H and O–H groups in total. The van der Waals surface area contributed by atoms with E-state index in [9.17, 15) is 4.79 Å². The van der Waals surface area contributed by atoms with Crippen molar-refractivity contribution in [2.24, 2.45) is 0 Å². The van der Waals surface area contributed by atoms with Gasteiger partial charge in [-0.05, 0) is 48.9 Å². The second-order valence-corrected chi connectivity index (χ2v) is 9.69. The molecule has 0 unspecified atom stereocenters. The van der Waals surface area contributed by atoms with Crippen LogP contribution in [0.15, 0.2) is 70.8 Å². The second-order valence-electron chi connectivity index (χ2n) is 7.59. The third-order valence-corrected chi connectivity index (χ3v) is 6.70. The molecule has 0 aliphatic rings. The first kappa shape index (κ1) is 23.7. The molecule has 0 atom stereocenters. The van der Waals surface area contributed by atoms with Gasteiger partial charge in [0.05, 0.1) is 0 Å². The number of nitrogens with one attached hydrogen (secondary N) is 3. The van der Waals surface area contributed by atoms with Gasteiger partial charge in [0, 0.05) is 33.8 Å². The Balaban J connectivity index is 1.58. The van der Waals surface area contributed by atoms with Crippen LogP contribution in [0, 0.1) is 0 Å². The van der Waals surface area contributed by atoms with E-state index >= 15 is 0 Å². The minimum atomic E-state index is -0.230. The van der Waals surface area contributed by atoms with Crippen LogP contribution in [-0.2, 0) is 0 Å². The van der Waals surface area contributed by atoms with E-state index in [-0.39, 0.29) is 6.03 Å². The summed E-state index contributed by atoms with van der Waals surface area (Å²) in [6.45, 7) is 6.72. The Morgan fingerprint density at radius 1 is 1.03 bits per heavy atom. The standard InChI is InChI=1S/C24H25N7OS2/c1-4-25-22(32)27-17-10-12-18(13-11-17)33-24-29-20(16-8-6-5-7-9-16)28-21(31-24)30-23-26-14-19(34-23)15(2)3/h5-15H,4H2,1-3H3,(H2,25,27,32)(H,26,28,29,30,31). The van der Waals surface area contributed by atoms with Crippen molar-refractivity contribution in [2.45, 2.75) is 36.7 Å². The van der Waals surface area contributed by atoms with Crippen LogP contribution in [0.1, 0.15) is 31.6 Å². The average Bonchev–Trinajstić information content (AvgIpc) is 3.30. The van der Waals surface area contributed by atoms with E-state index in [2.05, 4.69) is 49.7 Å². The van der Waals surface area contributed by atoms with Crippen LogP contribution in [-0.4, -0.2) is 32.5 Å². The fraction of sp³-hybridized carbons (Fsp3) is 0.208. The van der Waals surface area contributed by atoms with E-state index < -0.39 is 0 Å². The zero-order valence-electron chi connectivity index (χ0n) is 19.1. The van der Waals surface area contributed by atoms with Crippen molar-refractivity contribution < 1.29 is 4.79 Å². The number of urea groups is 1. The molecular formula is C24H25N7OS2. The number of nitrogens with zero attached hydrogens (tertiary/aromatic N) is 4. The molecule has 0 aliphatic carbocycles. The molecule has 0 saturated carbocycles. The number of rotatable bonds is 8. The Hall–Kier alpha value is -3.50. The number of benzene rings is 2. The molecule has 174 valence electrons. The normalized spacial score (nSPS) is 10.8. The molecule has 0 bridgehead atoms. The van der Waals surface area contributed by atoms with Crippen LogP contribution >= 0.6 is 23.1 Å². The van der Waals surface area contributed by atoms with Gasteiger partial charge in [0.2, 0.25) is 5.95 Å². The number of hydrogen-bond donors (Lipinski definition) is 3. The number of anilines is 3. The average molecular weight is 492 g/mol. The van der Waals surface area contributed by atoms with E-state index in [0.29, 0.717) is 35.1 Å². The number of aromatic nitrogens is 4. The van der Waals surface area contributed by atoms with E-state index in [4.69, 9.17) is 0 Å². The molecule has 2 aromatic carbocycles. The molecule has 34 heavy (non-hydrogen) atoms. The molecule has 0 saturated heterocycles. The van der Waals surface area contributed by atoms with Gasteiger partial charge in [0.15, 0.2) is 16.1 Å². The fourth-order valence-corrected chi connectivity index (χ4v) is 4.49. The van der Waals surface area contributed by atoms with E-state index in [0.717, 1.165) is 15.6 Å². The van der Waals surface area contributed by atoms with Gasteiger partial charge in [-0.1, -0.05) is 44.2 Å². The molecular weight excluding hydrogens is 466 g/mol. The van der Waals surface area contributed by atoms with Gasteiger partial charge in [0.1, 0.15) is 0 Å². The molecule has 10 heteroatoms. The number of hydrogen-bond acceptors (Lipinski definition) is 8. The van der Waals surface area contributed by atoms with Crippen molar-refractivity contribution in [3.63, 3.8) is 0 Å². The van der Waals surface area contributed by atoms with Crippen molar-refractivity contribution in [2.75, 3.05) is 17.2 Å². The molecule has 4 rings (SSSR count). The Labute approximate surface area is 206 Å². The van der Waals surface area contributed by atoms with Crippen molar-refractivity contribution in [1.82, 2.24) is 25.3 Å². The summed E-state index contributed by atoms with van der Waals surface area (Å²) in [6, 6.07) is 17.1. The number of thiazole rings is 1. The molecule has 0 fully saturated rings. The SMILES string of the molecule is CCNC(=O)Nc1ccc(Sc2nc(Nc3ncc(C(C)C)s3)nc(-c3ccccc3)n2)cc1. The van der Waals surface area contributed by atoms with Crippen molar-refractivity contribution in [3.8, 4) is 11.4 Å². The Bertz CT molecular complexity index is 1240. The third-order valence-electron chi connectivity index (χ3n) is 4.62. The lowest BCUT2D eigenvalue weighted by atomic mass is 10.2. The molecule has 2 aromatic heterocycles. The van der Waals surface area contributed by atoms with E-state index in [1.54, 1.807) is 11.3 Å². The number of amides is 2. The second kappa shape index (κ2) is 11.1. The number of carbonyl (C=O) groups excluding carboxylic acids is 1. The van der Waals surface area contributed by atoms with Gasteiger partial charge < -0.3 is 10.6 Å². The summed E-state index contributed by atoms with van der Waals surface area (Å²) in [4.78, 5) is 32.2. The summed E-state index contributed by atoms with van der Waals surface area (Å²) in [7, 11) is 0. The molecule has 8 nitrogen and oxygen atoms in total. The smallest absolute Gasteiger partial charge is 0.319 e. The maximum atomic E-state index is 11.7. The molecule has 2 amide bonds. The van der Waals surface area contributed by atoms with Gasteiger partial charge in [-0.25, -0.2) is 14.8 Å². The Kier molecular flexibility index (Phi) is 7.71. The van der Waals surface area contributed by atoms with E-state index in [1.807, 2.05) is 67.7 Å². The van der Waals surface area contributed by atoms with Crippen LogP contribution in [0.3, 0.4) is 0 Å². The molecule has 0 radical (unpaired) electrons. The molecule has 0 spiro atoms. The van der Waals surface area contributed by atoms with Crippen molar-refractivity contribution in [1.29, 1.82) is 0 Å². The Morgan fingerprint density at radius 3 is 2.47 bits per heavy atom. The summed E-state index contributed by atoms with van der Waals surface area (Å²) in [5, 5.41) is 10.0. The summed E-state index contributed by atoms with van der Waals surface area (Å²) < 4.78 is 0. The van der Waals surface area contributed by atoms with Crippen LogP contribution in [0.2, 0.25) is 0 Å². The molecule has 2 heterocycles. The highest BCUT2D eigenvalue weighted by Crippen LogP contribution is 2.30. The van der Waals surface area contributed by atoms with Crippen LogP contribution < -0.4 is 16.0 Å². The highest BCUT2D eigenvalue weighted by molar-refractivity contribution is 7.99. The minimum Gasteiger partial charge on any atom is -0.338 e. The van der Waals surface area contributed by atoms with Crippen LogP contribution in [0.5, 0.6) is 0 Å². The number of carbonyl (C=O) groups is 1. The first-order valence-corrected chi connectivity index (χ1v) is 12.5. The quantitative estimate of drug-likeness (QED) is 0.271. The monoisotopic (exact) mass is 491 g/mol. The lowest BCUT2D eigenvalue weighted by molar-refractivity contribution is 0.252. The van der Waals surface area contributed by atoms with Crippen LogP contribution in [0.25, 0.3) is 11.4 Å². The zero-order chi connectivity index (χ0) is 23.9. The Morgan fingerprint density at radius 2 is 1.79 bits per heavy atom. The predicted octanol–water partition coefficient (Wildman–Crippen LogP) is 6.15. The molecule has 4 aromatic rings. The van der Waals surface area contributed by atoms with E-state index in [1.165, 1.54) is 16.6 Å². The fourth-order valence-electron chi connectivity index (χ4n) is 2.93. The zero-order valence-corrected chi connectivity index (χ0v) is 20.7. The third kappa shape index (κ3) is 6.30. The maximum absolute atomic E-state index is 11.7. The van der Waals surface area contributed by atoms with Crippen molar-refractivity contribution in [3.05, 3.63) is 65.7 Å². The van der Waals surface area contributed by atoms with Gasteiger partial charge in [-0.3, -0.25) is 5.32 Å².